The van der Waals surface area contributed by atoms with Gasteiger partial charge in [-0.1, -0.05) is 29.8 Å². The highest BCUT2D eigenvalue weighted by atomic mass is 35.5. The van der Waals surface area contributed by atoms with Gasteiger partial charge < -0.3 is 4.74 Å². The molecule has 1 aliphatic heterocycles. The Morgan fingerprint density at radius 1 is 1.50 bits per heavy atom. The van der Waals surface area contributed by atoms with Crippen LogP contribution in [-0.4, -0.2) is 17.8 Å². The molecule has 66 valence electrons. The van der Waals surface area contributed by atoms with Crippen molar-refractivity contribution in [3.8, 4) is 0 Å². The fourth-order valence-corrected chi connectivity index (χ4v) is 1.60. The minimum atomic E-state index is -0.417. The maximum absolute atomic E-state index is 6.25. The highest BCUT2D eigenvalue weighted by molar-refractivity contribution is 6.25. The lowest BCUT2D eigenvalue weighted by atomic mass is 10.1. The smallest absolute Gasteiger partial charge is 0.118 e. The van der Waals surface area contributed by atoms with E-state index in [0.717, 1.165) is 19.4 Å². The van der Waals surface area contributed by atoms with Crippen LogP contribution >= 0.6 is 11.6 Å². The Kier molecular flexibility index (Phi) is 2.22. The predicted octanol–water partition coefficient (Wildman–Crippen LogP) is 1.77. The van der Waals surface area contributed by atoms with Crippen molar-refractivity contribution < 1.29 is 4.74 Å². The molecule has 0 radical (unpaired) electrons. The molecule has 0 amide bonds. The monoisotopic (exact) mass is 185 g/mol. The number of hydrogen-bond donors (Lipinski definition) is 1. The van der Waals surface area contributed by atoms with E-state index in [0.29, 0.717) is 0 Å². The molecule has 1 N–H and O–H groups in total. The van der Waals surface area contributed by atoms with E-state index in [4.69, 9.17) is 16.3 Å². The number of nitrogens with one attached hydrogen (secondary N) is 1. The molecule has 0 saturated carbocycles. The molecule has 3 heteroatoms. The van der Waals surface area contributed by atoms with Crippen molar-refractivity contribution in [2.75, 3.05) is 6.61 Å². The maximum Gasteiger partial charge on any atom is 0.118 e. The SMILES string of the molecule is ClC1(NC2CCO2)C=CC=CC1. The molecule has 1 heterocycles. The first-order valence-corrected chi connectivity index (χ1v) is 4.59. The van der Waals surface area contributed by atoms with Gasteiger partial charge >= 0.3 is 0 Å². The van der Waals surface area contributed by atoms with Gasteiger partial charge in [-0.25, -0.2) is 0 Å². The van der Waals surface area contributed by atoms with Crippen molar-refractivity contribution in [1.82, 2.24) is 5.32 Å². The fourth-order valence-electron chi connectivity index (χ4n) is 1.32. The summed E-state index contributed by atoms with van der Waals surface area (Å²) in [6, 6.07) is 0. The number of rotatable bonds is 2. The van der Waals surface area contributed by atoms with Crippen molar-refractivity contribution in [2.24, 2.45) is 0 Å². The zero-order valence-electron chi connectivity index (χ0n) is 6.79. The molecule has 2 aliphatic rings. The van der Waals surface area contributed by atoms with Crippen LogP contribution in [0.3, 0.4) is 0 Å². The normalized spacial score (nSPS) is 39.6. The molecular weight excluding hydrogens is 174 g/mol. The molecule has 2 atom stereocenters. The minimum Gasteiger partial charge on any atom is -0.363 e. The summed E-state index contributed by atoms with van der Waals surface area (Å²) < 4.78 is 5.25. The first-order valence-electron chi connectivity index (χ1n) is 4.21. The highest BCUT2D eigenvalue weighted by Gasteiger charge is 2.30. The number of halogens is 1. The second-order valence-electron chi connectivity index (χ2n) is 3.15. The van der Waals surface area contributed by atoms with Gasteiger partial charge in [-0.15, -0.1) is 0 Å². The van der Waals surface area contributed by atoms with Crippen molar-refractivity contribution >= 4 is 11.6 Å². The molecule has 2 nitrogen and oxygen atoms in total. The third-order valence-corrected chi connectivity index (χ3v) is 2.51. The van der Waals surface area contributed by atoms with Crippen LogP contribution in [0.25, 0.3) is 0 Å². The summed E-state index contributed by atoms with van der Waals surface area (Å²) in [5.74, 6) is 0. The Hall–Kier alpha value is -0.310. The molecule has 0 aromatic rings. The van der Waals surface area contributed by atoms with Crippen LogP contribution in [0.5, 0.6) is 0 Å². The van der Waals surface area contributed by atoms with Crippen LogP contribution in [0.2, 0.25) is 0 Å². The number of allylic oxidation sites excluding steroid dienone is 2. The summed E-state index contributed by atoms with van der Waals surface area (Å²) in [4.78, 5) is -0.417. The van der Waals surface area contributed by atoms with Gasteiger partial charge in [0.25, 0.3) is 0 Å². The average Bonchev–Trinajstić information content (AvgIpc) is 1.99. The lowest BCUT2D eigenvalue weighted by Gasteiger charge is -2.35. The first-order chi connectivity index (χ1) is 5.79. The van der Waals surface area contributed by atoms with Crippen LogP contribution in [0.4, 0.5) is 0 Å². The average molecular weight is 186 g/mol. The van der Waals surface area contributed by atoms with E-state index in [1.807, 2.05) is 18.2 Å². The molecule has 12 heavy (non-hydrogen) atoms. The second kappa shape index (κ2) is 3.21. The number of alkyl halides is 1. The standard InChI is InChI=1S/C9H12ClNO/c10-9(5-2-1-3-6-9)11-8-4-7-12-8/h1-3,5,8,11H,4,6-7H2. The van der Waals surface area contributed by atoms with Gasteiger partial charge in [0, 0.05) is 12.8 Å². The van der Waals surface area contributed by atoms with Crippen LogP contribution < -0.4 is 5.32 Å². The zero-order chi connectivity index (χ0) is 8.44. The van der Waals surface area contributed by atoms with Gasteiger partial charge in [0.05, 0.1) is 6.61 Å². The van der Waals surface area contributed by atoms with Crippen LogP contribution in [0, 0.1) is 0 Å². The third kappa shape index (κ3) is 1.71. The minimum absolute atomic E-state index is 0.152. The van der Waals surface area contributed by atoms with Gasteiger partial charge in [-0.3, -0.25) is 5.32 Å². The molecule has 2 unspecified atom stereocenters. The topological polar surface area (TPSA) is 21.3 Å². The van der Waals surface area contributed by atoms with E-state index in [2.05, 4.69) is 11.4 Å². The lowest BCUT2D eigenvalue weighted by molar-refractivity contribution is -0.0768. The molecular formula is C9H12ClNO. The maximum atomic E-state index is 6.25. The summed E-state index contributed by atoms with van der Waals surface area (Å²) >= 11 is 6.25. The van der Waals surface area contributed by atoms with Crippen LogP contribution in [0.1, 0.15) is 12.8 Å². The van der Waals surface area contributed by atoms with E-state index in [9.17, 15) is 0 Å². The summed E-state index contributed by atoms with van der Waals surface area (Å²) in [7, 11) is 0. The van der Waals surface area contributed by atoms with Gasteiger partial charge in [0.2, 0.25) is 0 Å². The molecule has 1 aliphatic carbocycles. The summed E-state index contributed by atoms with van der Waals surface area (Å²) in [6.45, 7) is 0.851. The molecule has 0 bridgehead atoms. The molecule has 0 aromatic carbocycles. The van der Waals surface area contributed by atoms with Crippen molar-refractivity contribution in [3.63, 3.8) is 0 Å². The van der Waals surface area contributed by atoms with Crippen molar-refractivity contribution in [2.45, 2.75) is 24.1 Å². The summed E-state index contributed by atoms with van der Waals surface area (Å²) in [5.41, 5.74) is 0. The number of hydrogen-bond acceptors (Lipinski definition) is 2. The van der Waals surface area contributed by atoms with E-state index < -0.39 is 5.00 Å². The predicted molar refractivity (Wildman–Crippen MR) is 49.0 cm³/mol. The Bertz CT molecular complexity index is 223. The quantitative estimate of drug-likeness (QED) is 0.523. The molecule has 1 saturated heterocycles. The van der Waals surface area contributed by atoms with Crippen LogP contribution in [-0.2, 0) is 4.74 Å². The van der Waals surface area contributed by atoms with Gasteiger partial charge in [0.15, 0.2) is 0 Å². The van der Waals surface area contributed by atoms with Crippen molar-refractivity contribution in [3.05, 3.63) is 24.3 Å². The van der Waals surface area contributed by atoms with Gasteiger partial charge in [0.1, 0.15) is 11.2 Å². The lowest BCUT2D eigenvalue weighted by Crippen LogP contribution is -2.51. The molecule has 0 spiro atoms. The summed E-state index contributed by atoms with van der Waals surface area (Å²) in [6.07, 6.45) is 10.0. The van der Waals surface area contributed by atoms with Crippen molar-refractivity contribution in [1.29, 1.82) is 0 Å². The Morgan fingerprint density at radius 3 is 2.83 bits per heavy atom. The van der Waals surface area contributed by atoms with Gasteiger partial charge in [-0.2, -0.15) is 0 Å². The van der Waals surface area contributed by atoms with Gasteiger partial charge in [-0.05, 0) is 6.08 Å². The van der Waals surface area contributed by atoms with E-state index in [1.165, 1.54) is 0 Å². The second-order valence-corrected chi connectivity index (χ2v) is 3.82. The van der Waals surface area contributed by atoms with E-state index in [-0.39, 0.29) is 6.23 Å². The molecule has 1 fully saturated rings. The highest BCUT2D eigenvalue weighted by Crippen LogP contribution is 2.25. The Labute approximate surface area is 77.2 Å². The van der Waals surface area contributed by atoms with Crippen LogP contribution in [0.15, 0.2) is 24.3 Å². The zero-order valence-corrected chi connectivity index (χ0v) is 7.55. The van der Waals surface area contributed by atoms with E-state index >= 15 is 0 Å². The molecule has 0 aromatic heterocycles. The molecule has 2 rings (SSSR count). The third-order valence-electron chi connectivity index (χ3n) is 2.12. The first kappa shape index (κ1) is 8.30. The Morgan fingerprint density at radius 2 is 2.33 bits per heavy atom. The Balaban J connectivity index is 1.91. The fraction of sp³-hybridized carbons (Fsp3) is 0.556. The van der Waals surface area contributed by atoms with E-state index in [1.54, 1.807) is 0 Å². The summed E-state index contributed by atoms with van der Waals surface area (Å²) in [5, 5.41) is 3.24. The number of ether oxygens (including phenoxy) is 1. The largest absolute Gasteiger partial charge is 0.363 e.